The van der Waals surface area contributed by atoms with Gasteiger partial charge in [0.25, 0.3) is 0 Å². The highest BCUT2D eigenvalue weighted by Crippen LogP contribution is 2.28. The summed E-state index contributed by atoms with van der Waals surface area (Å²) in [6, 6.07) is 0. The molecule has 0 aliphatic carbocycles. The van der Waals surface area contributed by atoms with E-state index in [1.54, 1.807) is 13.8 Å². The summed E-state index contributed by atoms with van der Waals surface area (Å²) in [5.74, 6) is 0.415. The van der Waals surface area contributed by atoms with Gasteiger partial charge in [0, 0.05) is 0 Å². The standard InChI is InChI=1S/C10H19NOS/c1-6-8(7(2)3)13-9(11)10(4,5)12/h6-7,11-12H,1-5H3/b8-6-,11-9?. The topological polar surface area (TPSA) is 44.1 Å². The summed E-state index contributed by atoms with van der Waals surface area (Å²) in [5.41, 5.74) is -1.02. The molecule has 0 bridgehead atoms. The molecule has 0 aromatic heterocycles. The lowest BCUT2D eigenvalue weighted by Crippen LogP contribution is -2.28. The molecule has 0 aromatic rings. The molecule has 0 aliphatic rings. The molecule has 0 rings (SSSR count). The summed E-state index contributed by atoms with van der Waals surface area (Å²) in [5, 5.41) is 17.5. The Kier molecular flexibility index (Phi) is 4.71. The van der Waals surface area contributed by atoms with Gasteiger partial charge in [0.1, 0.15) is 5.60 Å². The second-order valence-corrected chi connectivity index (χ2v) is 4.92. The van der Waals surface area contributed by atoms with Crippen LogP contribution in [-0.4, -0.2) is 15.8 Å². The molecule has 3 heteroatoms. The monoisotopic (exact) mass is 201 g/mol. The van der Waals surface area contributed by atoms with Gasteiger partial charge in [-0.2, -0.15) is 0 Å². The summed E-state index contributed by atoms with van der Waals surface area (Å²) >= 11 is 1.35. The van der Waals surface area contributed by atoms with Gasteiger partial charge in [-0.1, -0.05) is 31.7 Å². The number of allylic oxidation sites excluding steroid dienone is 2. The molecule has 0 amide bonds. The molecule has 0 spiro atoms. The van der Waals surface area contributed by atoms with Gasteiger partial charge in [-0.3, -0.25) is 5.41 Å². The Morgan fingerprint density at radius 1 is 1.46 bits per heavy atom. The first-order valence-corrected chi connectivity index (χ1v) is 5.26. The zero-order chi connectivity index (χ0) is 10.6. The maximum Gasteiger partial charge on any atom is 0.107 e. The fraction of sp³-hybridized carbons (Fsp3) is 0.700. The second-order valence-electron chi connectivity index (χ2n) is 3.84. The number of nitrogens with one attached hydrogen (secondary N) is 1. The fourth-order valence-corrected chi connectivity index (χ4v) is 1.59. The minimum absolute atomic E-state index is 0.300. The van der Waals surface area contributed by atoms with E-state index in [1.807, 2.05) is 13.0 Å². The summed E-state index contributed by atoms with van der Waals surface area (Å²) in [6.07, 6.45) is 2.00. The summed E-state index contributed by atoms with van der Waals surface area (Å²) in [7, 11) is 0. The van der Waals surface area contributed by atoms with Crippen LogP contribution in [0.1, 0.15) is 34.6 Å². The largest absolute Gasteiger partial charge is 0.384 e. The van der Waals surface area contributed by atoms with E-state index < -0.39 is 5.60 Å². The summed E-state index contributed by atoms with van der Waals surface area (Å²) in [4.78, 5) is 1.13. The number of aliphatic hydroxyl groups is 1. The third-order valence-electron chi connectivity index (χ3n) is 1.63. The molecule has 0 heterocycles. The van der Waals surface area contributed by atoms with E-state index in [2.05, 4.69) is 13.8 Å². The lowest BCUT2D eigenvalue weighted by molar-refractivity contribution is 0.156. The third-order valence-corrected chi connectivity index (χ3v) is 3.28. The van der Waals surface area contributed by atoms with Gasteiger partial charge >= 0.3 is 0 Å². The van der Waals surface area contributed by atoms with Crippen LogP contribution in [0.2, 0.25) is 0 Å². The minimum atomic E-state index is -1.02. The highest BCUT2D eigenvalue weighted by Gasteiger charge is 2.21. The van der Waals surface area contributed by atoms with Crippen molar-refractivity contribution in [1.82, 2.24) is 0 Å². The van der Waals surface area contributed by atoms with Crippen LogP contribution >= 0.6 is 11.8 Å². The summed E-state index contributed by atoms with van der Waals surface area (Å²) < 4.78 is 0. The van der Waals surface area contributed by atoms with Gasteiger partial charge in [0.2, 0.25) is 0 Å². The quantitative estimate of drug-likeness (QED) is 0.544. The van der Waals surface area contributed by atoms with Crippen molar-refractivity contribution in [1.29, 1.82) is 5.41 Å². The van der Waals surface area contributed by atoms with E-state index in [1.165, 1.54) is 11.8 Å². The molecule has 2 nitrogen and oxygen atoms in total. The minimum Gasteiger partial charge on any atom is -0.384 e. The van der Waals surface area contributed by atoms with Gasteiger partial charge < -0.3 is 5.11 Å². The van der Waals surface area contributed by atoms with Crippen LogP contribution in [0.25, 0.3) is 0 Å². The second kappa shape index (κ2) is 4.82. The molecule has 2 N–H and O–H groups in total. The number of hydrogen-bond donors (Lipinski definition) is 2. The van der Waals surface area contributed by atoms with Crippen LogP contribution < -0.4 is 0 Å². The van der Waals surface area contributed by atoms with Gasteiger partial charge in [-0.25, -0.2) is 0 Å². The van der Waals surface area contributed by atoms with E-state index >= 15 is 0 Å². The third kappa shape index (κ3) is 4.48. The lowest BCUT2D eigenvalue weighted by Gasteiger charge is -2.20. The first-order valence-electron chi connectivity index (χ1n) is 4.44. The molecule has 0 atom stereocenters. The lowest BCUT2D eigenvalue weighted by atomic mass is 10.2. The SMILES string of the molecule is C/C=C(\SC(=N)C(C)(C)O)C(C)C. The van der Waals surface area contributed by atoms with Crippen molar-refractivity contribution in [2.75, 3.05) is 0 Å². The van der Waals surface area contributed by atoms with Crippen LogP contribution in [0, 0.1) is 11.3 Å². The van der Waals surface area contributed by atoms with Crippen molar-refractivity contribution in [2.45, 2.75) is 40.2 Å². The number of hydrogen-bond acceptors (Lipinski definition) is 3. The van der Waals surface area contributed by atoms with Crippen molar-refractivity contribution < 1.29 is 5.11 Å². The predicted octanol–water partition coefficient (Wildman–Crippen LogP) is 3.03. The average Bonchev–Trinajstić information content (AvgIpc) is 1.96. The van der Waals surface area contributed by atoms with E-state index in [-0.39, 0.29) is 0 Å². The zero-order valence-corrected chi connectivity index (χ0v) is 9.83. The zero-order valence-electron chi connectivity index (χ0n) is 9.01. The van der Waals surface area contributed by atoms with Gasteiger partial charge in [-0.05, 0) is 31.6 Å². The van der Waals surface area contributed by atoms with E-state index in [9.17, 15) is 5.11 Å². The molecule has 0 aromatic carbocycles. The normalized spacial score (nSPS) is 13.6. The van der Waals surface area contributed by atoms with Crippen LogP contribution in [0.4, 0.5) is 0 Å². The number of rotatable bonds is 3. The summed E-state index contributed by atoms with van der Waals surface area (Å²) in [6.45, 7) is 9.39. The molecule has 0 fully saturated rings. The average molecular weight is 201 g/mol. The Morgan fingerprint density at radius 2 is 1.92 bits per heavy atom. The Bertz CT molecular complexity index is 213. The molecule has 0 unspecified atom stereocenters. The molecule has 0 saturated carbocycles. The van der Waals surface area contributed by atoms with Crippen molar-refractivity contribution >= 4 is 16.8 Å². The van der Waals surface area contributed by atoms with Crippen molar-refractivity contribution in [2.24, 2.45) is 5.92 Å². The molecule has 0 saturated heterocycles. The van der Waals surface area contributed by atoms with Gasteiger partial charge in [0.05, 0.1) is 5.04 Å². The van der Waals surface area contributed by atoms with Crippen molar-refractivity contribution in [3.63, 3.8) is 0 Å². The van der Waals surface area contributed by atoms with Crippen LogP contribution in [0.3, 0.4) is 0 Å². The smallest absolute Gasteiger partial charge is 0.107 e. The highest BCUT2D eigenvalue weighted by atomic mass is 32.2. The van der Waals surface area contributed by atoms with E-state index in [0.717, 1.165) is 4.91 Å². The molecular formula is C10H19NOS. The molecule has 13 heavy (non-hydrogen) atoms. The van der Waals surface area contributed by atoms with Crippen molar-refractivity contribution in [3.05, 3.63) is 11.0 Å². The van der Waals surface area contributed by atoms with Gasteiger partial charge in [0.15, 0.2) is 0 Å². The molecule has 0 aliphatic heterocycles. The number of thioether (sulfide) groups is 1. The highest BCUT2D eigenvalue weighted by molar-refractivity contribution is 8.17. The van der Waals surface area contributed by atoms with Gasteiger partial charge in [-0.15, -0.1) is 0 Å². The molecular weight excluding hydrogens is 182 g/mol. The van der Waals surface area contributed by atoms with E-state index in [0.29, 0.717) is 11.0 Å². The predicted molar refractivity (Wildman–Crippen MR) is 60.2 cm³/mol. The van der Waals surface area contributed by atoms with Crippen LogP contribution in [0.15, 0.2) is 11.0 Å². The Hall–Kier alpha value is -0.280. The molecule has 76 valence electrons. The maximum absolute atomic E-state index is 9.54. The van der Waals surface area contributed by atoms with Crippen molar-refractivity contribution in [3.8, 4) is 0 Å². The Labute approximate surface area is 84.9 Å². The fourth-order valence-electron chi connectivity index (χ4n) is 0.753. The first kappa shape index (κ1) is 12.7. The first-order chi connectivity index (χ1) is 5.79. The Balaban J connectivity index is 4.37. The van der Waals surface area contributed by atoms with E-state index in [4.69, 9.17) is 5.41 Å². The molecule has 0 radical (unpaired) electrons. The van der Waals surface area contributed by atoms with Crippen LogP contribution in [-0.2, 0) is 0 Å². The van der Waals surface area contributed by atoms with Crippen LogP contribution in [0.5, 0.6) is 0 Å². The Morgan fingerprint density at radius 3 is 2.15 bits per heavy atom. The maximum atomic E-state index is 9.54.